The first kappa shape index (κ1) is 21.4. The Kier molecular flexibility index (Phi) is 8.20. The summed E-state index contributed by atoms with van der Waals surface area (Å²) in [7, 11) is 1.68. The molecule has 24 heavy (non-hydrogen) atoms. The first-order valence-corrected chi connectivity index (χ1v) is 8.36. The summed E-state index contributed by atoms with van der Waals surface area (Å²) in [4.78, 5) is 12.0. The van der Waals surface area contributed by atoms with E-state index in [0.29, 0.717) is 38.7 Å². The maximum absolute atomic E-state index is 12.8. The standard InChI is InChI=1S/C14H22F3N5S.HI/c1-10-9-23-12(20-10)8-19-13(18-3)22-6-4-21(5-7-22)11(2)14(15,16)17;/h9,11H,4-8H2,1-3H3,(H,18,19);1H. The van der Waals surface area contributed by atoms with Crippen LogP contribution in [0.25, 0.3) is 0 Å². The zero-order valence-corrected chi connectivity index (χ0v) is 17.1. The molecule has 0 radical (unpaired) electrons. The molecule has 1 atom stereocenters. The van der Waals surface area contributed by atoms with Crippen molar-refractivity contribution in [1.82, 2.24) is 20.1 Å². The molecule has 5 nitrogen and oxygen atoms in total. The molecule has 1 saturated heterocycles. The Morgan fingerprint density at radius 1 is 1.38 bits per heavy atom. The summed E-state index contributed by atoms with van der Waals surface area (Å²) in [5.74, 6) is 0.706. The molecule has 1 aromatic rings. The number of piperazine rings is 1. The lowest BCUT2D eigenvalue weighted by Crippen LogP contribution is -2.56. The number of halogens is 4. The Morgan fingerprint density at radius 3 is 2.46 bits per heavy atom. The van der Waals surface area contributed by atoms with E-state index in [0.717, 1.165) is 10.7 Å². The second-order valence-electron chi connectivity index (χ2n) is 5.52. The molecule has 2 rings (SSSR count). The molecule has 1 N–H and O–H groups in total. The van der Waals surface area contributed by atoms with Crippen molar-refractivity contribution in [3.8, 4) is 0 Å². The highest BCUT2D eigenvalue weighted by molar-refractivity contribution is 14.0. The molecule has 1 aliphatic rings. The minimum atomic E-state index is -4.18. The van der Waals surface area contributed by atoms with Crippen molar-refractivity contribution in [1.29, 1.82) is 0 Å². The molecule has 0 bridgehead atoms. The Labute approximate surface area is 161 Å². The molecule has 0 aromatic carbocycles. The van der Waals surface area contributed by atoms with Gasteiger partial charge in [0.15, 0.2) is 5.96 Å². The van der Waals surface area contributed by atoms with Crippen LogP contribution in [0.15, 0.2) is 10.4 Å². The number of hydrogen-bond donors (Lipinski definition) is 1. The summed E-state index contributed by atoms with van der Waals surface area (Å²) in [6, 6.07) is -1.40. The van der Waals surface area contributed by atoms with Crippen LogP contribution in [-0.2, 0) is 6.54 Å². The number of aromatic nitrogens is 1. The second kappa shape index (κ2) is 9.18. The first-order chi connectivity index (χ1) is 10.8. The van der Waals surface area contributed by atoms with Crippen molar-refractivity contribution in [3.05, 3.63) is 16.1 Å². The number of nitrogens with one attached hydrogen (secondary N) is 1. The van der Waals surface area contributed by atoms with Crippen LogP contribution >= 0.6 is 35.3 Å². The molecule has 138 valence electrons. The number of hydrogen-bond acceptors (Lipinski definition) is 4. The van der Waals surface area contributed by atoms with E-state index in [1.807, 2.05) is 17.2 Å². The number of nitrogens with zero attached hydrogens (tertiary/aromatic N) is 4. The van der Waals surface area contributed by atoms with Crippen molar-refractivity contribution < 1.29 is 13.2 Å². The van der Waals surface area contributed by atoms with Gasteiger partial charge in [0, 0.05) is 44.3 Å². The van der Waals surface area contributed by atoms with Gasteiger partial charge >= 0.3 is 6.18 Å². The van der Waals surface area contributed by atoms with Gasteiger partial charge in [0.05, 0.1) is 6.54 Å². The van der Waals surface area contributed by atoms with E-state index in [4.69, 9.17) is 0 Å². The summed E-state index contributed by atoms with van der Waals surface area (Å²) in [5, 5.41) is 6.18. The van der Waals surface area contributed by atoms with E-state index in [1.54, 1.807) is 18.4 Å². The van der Waals surface area contributed by atoms with Crippen molar-refractivity contribution in [2.24, 2.45) is 4.99 Å². The number of thiazole rings is 1. The molecule has 1 aromatic heterocycles. The molecular weight excluding hydrogens is 454 g/mol. The highest BCUT2D eigenvalue weighted by Crippen LogP contribution is 2.25. The molecule has 10 heteroatoms. The van der Waals surface area contributed by atoms with Gasteiger partial charge in [-0.25, -0.2) is 4.98 Å². The third-order valence-corrected chi connectivity index (χ3v) is 4.88. The monoisotopic (exact) mass is 477 g/mol. The Hall–Kier alpha value is -0.620. The average molecular weight is 477 g/mol. The fourth-order valence-electron chi connectivity index (χ4n) is 2.50. The van der Waals surface area contributed by atoms with Gasteiger partial charge < -0.3 is 10.2 Å². The summed E-state index contributed by atoms with van der Waals surface area (Å²) < 4.78 is 38.3. The van der Waals surface area contributed by atoms with Gasteiger partial charge in [-0.3, -0.25) is 9.89 Å². The van der Waals surface area contributed by atoms with Crippen molar-refractivity contribution in [2.45, 2.75) is 32.6 Å². The molecular formula is C14H23F3IN5S. The second-order valence-corrected chi connectivity index (χ2v) is 6.47. The van der Waals surface area contributed by atoms with E-state index in [-0.39, 0.29) is 24.0 Å². The number of aliphatic imine (C=N–C) groups is 1. The third-order valence-electron chi connectivity index (χ3n) is 3.91. The quantitative estimate of drug-likeness (QED) is 0.413. The van der Waals surface area contributed by atoms with Crippen LogP contribution in [0, 0.1) is 6.92 Å². The maximum atomic E-state index is 12.8. The zero-order valence-electron chi connectivity index (χ0n) is 13.9. The number of rotatable bonds is 3. The molecule has 0 aliphatic carbocycles. The summed E-state index contributed by atoms with van der Waals surface area (Å²) in [6.07, 6.45) is -4.18. The van der Waals surface area contributed by atoms with E-state index >= 15 is 0 Å². The lowest BCUT2D eigenvalue weighted by molar-refractivity contribution is -0.181. The van der Waals surface area contributed by atoms with Crippen LogP contribution in [0.2, 0.25) is 0 Å². The van der Waals surface area contributed by atoms with E-state index in [2.05, 4.69) is 15.3 Å². The smallest absolute Gasteiger partial charge is 0.350 e. The Balaban J connectivity index is 0.00000288. The lowest BCUT2D eigenvalue weighted by Gasteiger charge is -2.39. The largest absolute Gasteiger partial charge is 0.403 e. The van der Waals surface area contributed by atoms with Gasteiger partial charge in [-0.2, -0.15) is 13.2 Å². The third kappa shape index (κ3) is 5.73. The summed E-state index contributed by atoms with van der Waals surface area (Å²) in [6.45, 7) is 5.52. The van der Waals surface area contributed by atoms with Gasteiger partial charge in [0.1, 0.15) is 11.0 Å². The molecule has 1 unspecified atom stereocenters. The predicted molar refractivity (Wildman–Crippen MR) is 101 cm³/mol. The number of guanidine groups is 1. The van der Waals surface area contributed by atoms with E-state index in [9.17, 15) is 13.2 Å². The topological polar surface area (TPSA) is 43.8 Å². The highest BCUT2D eigenvalue weighted by Gasteiger charge is 2.41. The maximum Gasteiger partial charge on any atom is 0.403 e. The van der Waals surface area contributed by atoms with Crippen LogP contribution in [0.4, 0.5) is 13.2 Å². The van der Waals surface area contributed by atoms with E-state index < -0.39 is 12.2 Å². The minimum Gasteiger partial charge on any atom is -0.350 e. The van der Waals surface area contributed by atoms with Crippen molar-refractivity contribution in [3.63, 3.8) is 0 Å². The number of alkyl halides is 3. The minimum absolute atomic E-state index is 0. The Bertz CT molecular complexity index is 541. The molecule has 1 fully saturated rings. The normalized spacial score (nSPS) is 18.2. The zero-order chi connectivity index (χ0) is 17.0. The van der Waals surface area contributed by atoms with Gasteiger partial charge in [-0.15, -0.1) is 35.3 Å². The van der Waals surface area contributed by atoms with Crippen LogP contribution < -0.4 is 5.32 Å². The first-order valence-electron chi connectivity index (χ1n) is 7.48. The SMILES string of the molecule is CN=C(NCc1nc(C)cs1)N1CCN(C(C)C(F)(F)F)CC1.I. The number of aryl methyl sites for hydroxylation is 1. The van der Waals surface area contributed by atoms with Gasteiger partial charge in [0.2, 0.25) is 0 Å². The van der Waals surface area contributed by atoms with E-state index in [1.165, 1.54) is 11.8 Å². The molecule has 0 saturated carbocycles. The van der Waals surface area contributed by atoms with Crippen LogP contribution in [-0.4, -0.2) is 66.2 Å². The predicted octanol–water partition coefficient (Wildman–Crippen LogP) is 2.71. The Morgan fingerprint density at radius 2 is 2.00 bits per heavy atom. The fraction of sp³-hybridized carbons (Fsp3) is 0.714. The van der Waals surface area contributed by atoms with Crippen LogP contribution in [0.1, 0.15) is 17.6 Å². The highest BCUT2D eigenvalue weighted by atomic mass is 127. The van der Waals surface area contributed by atoms with Crippen molar-refractivity contribution >= 4 is 41.3 Å². The van der Waals surface area contributed by atoms with Gasteiger partial charge in [-0.1, -0.05) is 0 Å². The van der Waals surface area contributed by atoms with Gasteiger partial charge in [0.25, 0.3) is 0 Å². The van der Waals surface area contributed by atoms with Crippen molar-refractivity contribution in [2.75, 3.05) is 33.2 Å². The van der Waals surface area contributed by atoms with Crippen LogP contribution in [0.5, 0.6) is 0 Å². The molecule has 1 aliphatic heterocycles. The molecule has 2 heterocycles. The van der Waals surface area contributed by atoms with Crippen LogP contribution in [0.3, 0.4) is 0 Å². The fourth-order valence-corrected chi connectivity index (χ4v) is 3.21. The summed E-state index contributed by atoms with van der Waals surface area (Å²) in [5.41, 5.74) is 0.983. The average Bonchev–Trinajstić information content (AvgIpc) is 2.92. The summed E-state index contributed by atoms with van der Waals surface area (Å²) >= 11 is 1.58. The lowest BCUT2D eigenvalue weighted by atomic mass is 10.2. The molecule has 0 amide bonds. The van der Waals surface area contributed by atoms with Gasteiger partial charge in [-0.05, 0) is 13.8 Å². The molecule has 0 spiro atoms.